The van der Waals surface area contributed by atoms with Gasteiger partial charge in [0.25, 0.3) is 0 Å². The Balaban J connectivity index is 2.36. The van der Waals surface area contributed by atoms with Gasteiger partial charge in [0.15, 0.2) is 0 Å². The highest BCUT2D eigenvalue weighted by molar-refractivity contribution is 5.86. The van der Waals surface area contributed by atoms with E-state index in [2.05, 4.69) is 13.8 Å². The number of rotatable bonds is 9. The molecule has 2 aromatic rings. The van der Waals surface area contributed by atoms with E-state index in [1.54, 1.807) is 24.3 Å². The zero-order chi connectivity index (χ0) is 19.2. The van der Waals surface area contributed by atoms with Crippen molar-refractivity contribution in [3.63, 3.8) is 0 Å². The number of hydrogen-bond acceptors (Lipinski definition) is 3. The quantitative estimate of drug-likeness (QED) is 0.444. The molecule has 0 heterocycles. The fourth-order valence-corrected chi connectivity index (χ4v) is 3.46. The second-order valence-corrected chi connectivity index (χ2v) is 7.45. The molecule has 0 aliphatic heterocycles. The van der Waals surface area contributed by atoms with E-state index in [1.807, 2.05) is 24.3 Å². The summed E-state index contributed by atoms with van der Waals surface area (Å²) in [6, 6.07) is 14.4. The molecule has 0 bridgehead atoms. The summed E-state index contributed by atoms with van der Waals surface area (Å²) in [6.07, 6.45) is 4.72. The Bertz CT molecular complexity index is 660. The lowest BCUT2D eigenvalue weighted by Crippen LogP contribution is -2.37. The van der Waals surface area contributed by atoms with Crippen LogP contribution >= 0.6 is 0 Å². The Morgan fingerprint density at radius 2 is 1.35 bits per heavy atom. The predicted octanol–water partition coefficient (Wildman–Crippen LogP) is 4.83. The maximum Gasteiger partial charge on any atom is 0.318 e. The third-order valence-corrected chi connectivity index (χ3v) is 5.01. The lowest BCUT2D eigenvalue weighted by atomic mass is 9.71. The minimum Gasteiger partial charge on any atom is -0.480 e. The van der Waals surface area contributed by atoms with Crippen LogP contribution in [0.1, 0.15) is 57.1 Å². The van der Waals surface area contributed by atoms with Crippen molar-refractivity contribution in [3.05, 3.63) is 59.7 Å². The summed E-state index contributed by atoms with van der Waals surface area (Å²) in [7, 11) is 0. The normalized spacial score (nSPS) is 11.7. The fourth-order valence-electron chi connectivity index (χ4n) is 3.46. The minimum absolute atomic E-state index is 0.550. The molecule has 4 nitrogen and oxygen atoms in total. The van der Waals surface area contributed by atoms with Crippen molar-refractivity contribution >= 4 is 17.3 Å². The van der Waals surface area contributed by atoms with Gasteiger partial charge in [-0.1, -0.05) is 63.8 Å². The van der Waals surface area contributed by atoms with Crippen molar-refractivity contribution in [1.29, 1.82) is 0 Å². The summed E-state index contributed by atoms with van der Waals surface area (Å²) in [5.74, 6) is -0.163. The van der Waals surface area contributed by atoms with Crippen LogP contribution in [0.3, 0.4) is 0 Å². The Kier molecular flexibility index (Phi) is 6.67. The molecule has 2 aromatic carbocycles. The van der Waals surface area contributed by atoms with E-state index in [0.717, 1.165) is 30.4 Å². The number of hydrogen-bond donors (Lipinski definition) is 3. The van der Waals surface area contributed by atoms with Gasteiger partial charge in [0.05, 0.1) is 0 Å². The number of carboxylic acid groups (broad SMARTS) is 1. The zero-order valence-corrected chi connectivity index (χ0v) is 15.7. The van der Waals surface area contributed by atoms with Crippen molar-refractivity contribution in [2.45, 2.75) is 51.4 Å². The summed E-state index contributed by atoms with van der Waals surface area (Å²) in [5, 5.41) is 10.3. The highest BCUT2D eigenvalue weighted by Gasteiger charge is 2.41. The van der Waals surface area contributed by atoms with E-state index < -0.39 is 11.4 Å². The van der Waals surface area contributed by atoms with Crippen LogP contribution in [0.2, 0.25) is 0 Å². The van der Waals surface area contributed by atoms with Crippen LogP contribution < -0.4 is 11.5 Å². The van der Waals surface area contributed by atoms with Crippen LogP contribution in [0.15, 0.2) is 48.5 Å². The lowest BCUT2D eigenvalue weighted by Gasteiger charge is -2.31. The highest BCUT2D eigenvalue weighted by Crippen LogP contribution is 2.38. The largest absolute Gasteiger partial charge is 0.480 e. The van der Waals surface area contributed by atoms with Crippen LogP contribution in [-0.2, 0) is 10.2 Å². The standard InChI is InChI=1S/C22H30N2O2/c1-16(2)6-4-3-5-15-22(21(25)26,17-7-11-19(23)12-8-17)18-9-13-20(24)14-10-18/h7-14,16H,3-6,15,23-24H2,1-2H3,(H,25,26). The van der Waals surface area contributed by atoms with Gasteiger partial charge < -0.3 is 16.6 Å². The van der Waals surface area contributed by atoms with Crippen LogP contribution in [0.4, 0.5) is 11.4 Å². The molecule has 2 rings (SSSR count). The molecule has 0 saturated heterocycles. The van der Waals surface area contributed by atoms with Crippen LogP contribution in [0, 0.1) is 5.92 Å². The van der Waals surface area contributed by atoms with Gasteiger partial charge in [0, 0.05) is 11.4 Å². The number of benzene rings is 2. The molecule has 0 unspecified atom stereocenters. The van der Waals surface area contributed by atoms with Gasteiger partial charge in [0.1, 0.15) is 5.41 Å². The van der Waals surface area contributed by atoms with Gasteiger partial charge in [-0.05, 0) is 47.7 Å². The van der Waals surface area contributed by atoms with E-state index in [-0.39, 0.29) is 0 Å². The molecule has 0 saturated carbocycles. The molecule has 0 atom stereocenters. The van der Waals surface area contributed by atoms with Gasteiger partial charge in [0.2, 0.25) is 0 Å². The van der Waals surface area contributed by atoms with Crippen molar-refractivity contribution in [2.75, 3.05) is 11.5 Å². The Hall–Kier alpha value is -2.49. The number of nitrogen functional groups attached to an aromatic ring is 2. The number of carboxylic acids is 1. The Morgan fingerprint density at radius 3 is 1.73 bits per heavy atom. The first kappa shape index (κ1) is 19.8. The second-order valence-electron chi connectivity index (χ2n) is 7.45. The summed E-state index contributed by atoms with van der Waals surface area (Å²) >= 11 is 0. The number of aliphatic carboxylic acids is 1. The number of carbonyl (C=O) groups is 1. The Morgan fingerprint density at radius 1 is 0.885 bits per heavy atom. The third kappa shape index (κ3) is 4.57. The minimum atomic E-state index is -1.08. The molecule has 0 spiro atoms. The fraction of sp³-hybridized carbons (Fsp3) is 0.409. The topological polar surface area (TPSA) is 89.3 Å². The van der Waals surface area contributed by atoms with E-state index in [4.69, 9.17) is 11.5 Å². The molecule has 0 amide bonds. The monoisotopic (exact) mass is 354 g/mol. The van der Waals surface area contributed by atoms with Crippen LogP contribution in [-0.4, -0.2) is 11.1 Å². The summed E-state index contributed by atoms with van der Waals surface area (Å²) in [4.78, 5) is 12.5. The predicted molar refractivity (Wildman–Crippen MR) is 108 cm³/mol. The maximum absolute atomic E-state index is 12.5. The molecule has 4 heteroatoms. The lowest BCUT2D eigenvalue weighted by molar-refractivity contribution is -0.142. The van der Waals surface area contributed by atoms with Crippen molar-refractivity contribution in [3.8, 4) is 0 Å². The smallest absolute Gasteiger partial charge is 0.318 e. The van der Waals surface area contributed by atoms with Crippen molar-refractivity contribution in [2.24, 2.45) is 5.92 Å². The van der Waals surface area contributed by atoms with Gasteiger partial charge in [-0.25, -0.2) is 0 Å². The Labute approximate surface area is 156 Å². The number of unbranched alkanes of at least 4 members (excludes halogenated alkanes) is 2. The van der Waals surface area contributed by atoms with Crippen molar-refractivity contribution in [1.82, 2.24) is 0 Å². The van der Waals surface area contributed by atoms with Gasteiger partial charge in [-0.3, -0.25) is 4.79 Å². The average molecular weight is 354 g/mol. The first-order chi connectivity index (χ1) is 12.4. The van der Waals surface area contributed by atoms with Crippen molar-refractivity contribution < 1.29 is 9.90 Å². The van der Waals surface area contributed by atoms with E-state index >= 15 is 0 Å². The molecule has 0 aliphatic carbocycles. The molecule has 0 fully saturated rings. The van der Waals surface area contributed by atoms with Gasteiger partial charge >= 0.3 is 5.97 Å². The second kappa shape index (κ2) is 8.75. The molecule has 0 aromatic heterocycles. The molecule has 0 aliphatic rings. The third-order valence-electron chi connectivity index (χ3n) is 5.01. The molecular formula is C22H30N2O2. The molecular weight excluding hydrogens is 324 g/mol. The summed E-state index contributed by atoms with van der Waals surface area (Å²) < 4.78 is 0. The van der Waals surface area contributed by atoms with Gasteiger partial charge in [-0.2, -0.15) is 0 Å². The first-order valence-corrected chi connectivity index (χ1v) is 9.31. The SMILES string of the molecule is CC(C)CCCCCC(C(=O)O)(c1ccc(N)cc1)c1ccc(N)cc1. The zero-order valence-electron chi connectivity index (χ0n) is 15.7. The van der Waals surface area contributed by atoms with E-state index in [0.29, 0.717) is 23.7 Å². The molecule has 26 heavy (non-hydrogen) atoms. The maximum atomic E-state index is 12.5. The van der Waals surface area contributed by atoms with Crippen LogP contribution in [0.5, 0.6) is 0 Å². The van der Waals surface area contributed by atoms with E-state index in [9.17, 15) is 9.90 Å². The number of nitrogens with two attached hydrogens (primary N) is 2. The molecule has 5 N–H and O–H groups in total. The highest BCUT2D eigenvalue weighted by atomic mass is 16.4. The first-order valence-electron chi connectivity index (χ1n) is 9.31. The summed E-state index contributed by atoms with van der Waals surface area (Å²) in [6.45, 7) is 4.43. The summed E-state index contributed by atoms with van der Waals surface area (Å²) in [5.41, 5.74) is 13.3. The van der Waals surface area contributed by atoms with Gasteiger partial charge in [-0.15, -0.1) is 0 Å². The molecule has 0 radical (unpaired) electrons. The molecule has 140 valence electrons. The number of anilines is 2. The van der Waals surface area contributed by atoms with Crippen LogP contribution in [0.25, 0.3) is 0 Å². The van der Waals surface area contributed by atoms with E-state index in [1.165, 1.54) is 6.42 Å². The average Bonchev–Trinajstić information content (AvgIpc) is 2.59.